The number of nitrogens with one attached hydrogen (secondary N) is 2. The molecule has 1 saturated heterocycles. The first-order chi connectivity index (χ1) is 9.53. The van der Waals surface area contributed by atoms with Crippen LogP contribution in [0.3, 0.4) is 0 Å². The normalized spacial score (nSPS) is 19.8. The van der Waals surface area contributed by atoms with Gasteiger partial charge in [0.15, 0.2) is 0 Å². The Kier molecular flexibility index (Phi) is 5.26. The van der Waals surface area contributed by atoms with Crippen LogP contribution in [-0.2, 0) is 10.0 Å². The van der Waals surface area contributed by atoms with Crippen molar-refractivity contribution in [1.82, 2.24) is 10.0 Å². The quantitative estimate of drug-likeness (QED) is 0.866. The number of methoxy groups -OCH3 is 1. The first-order valence-electron chi connectivity index (χ1n) is 6.57. The lowest BCUT2D eigenvalue weighted by molar-refractivity contribution is 0.376. The number of halogens is 1. The summed E-state index contributed by atoms with van der Waals surface area (Å²) in [6.07, 6.45) is 2.12. The Morgan fingerprint density at radius 3 is 2.90 bits per heavy atom. The van der Waals surface area contributed by atoms with Crippen molar-refractivity contribution < 1.29 is 13.2 Å². The predicted molar refractivity (Wildman–Crippen MR) is 78.8 cm³/mol. The Morgan fingerprint density at radius 2 is 2.30 bits per heavy atom. The van der Waals surface area contributed by atoms with E-state index in [9.17, 15) is 8.42 Å². The topological polar surface area (TPSA) is 67.4 Å². The fraction of sp³-hybridized carbons (Fsp3) is 0.538. The minimum absolute atomic E-state index is 0.159. The monoisotopic (exact) mass is 318 g/mol. The smallest absolute Gasteiger partial charge is 0.240 e. The molecule has 1 aliphatic rings. The molecule has 5 nitrogen and oxygen atoms in total. The van der Waals surface area contributed by atoms with Gasteiger partial charge in [0.2, 0.25) is 10.0 Å². The van der Waals surface area contributed by atoms with Gasteiger partial charge < -0.3 is 10.1 Å². The van der Waals surface area contributed by atoms with E-state index in [1.165, 1.54) is 19.2 Å². The Balaban J connectivity index is 2.04. The maximum Gasteiger partial charge on any atom is 0.240 e. The lowest BCUT2D eigenvalue weighted by atomic mass is 10.0. The highest BCUT2D eigenvalue weighted by Crippen LogP contribution is 2.26. The molecule has 0 bridgehead atoms. The summed E-state index contributed by atoms with van der Waals surface area (Å²) in [6, 6.07) is 4.45. The standard InChI is InChI=1S/C13H19ClN2O3S/c1-19-13-5-4-11(7-12(13)14)20(17,18)16-9-10-3-2-6-15-8-10/h4-5,7,10,15-16H,2-3,6,8-9H2,1H3/t10-/m0/s1. The van der Waals surface area contributed by atoms with E-state index in [1.54, 1.807) is 6.07 Å². The van der Waals surface area contributed by atoms with Gasteiger partial charge in [-0.15, -0.1) is 0 Å². The van der Waals surface area contributed by atoms with Gasteiger partial charge in [-0.25, -0.2) is 13.1 Å². The van der Waals surface area contributed by atoms with Gasteiger partial charge in [0.05, 0.1) is 17.0 Å². The molecule has 0 radical (unpaired) electrons. The third-order valence-corrected chi connectivity index (χ3v) is 5.11. The minimum atomic E-state index is -3.52. The Bertz CT molecular complexity index is 557. The number of sulfonamides is 1. The van der Waals surface area contributed by atoms with Crippen molar-refractivity contribution in [1.29, 1.82) is 0 Å². The van der Waals surface area contributed by atoms with Gasteiger partial charge in [0, 0.05) is 6.54 Å². The lowest BCUT2D eigenvalue weighted by Gasteiger charge is -2.22. The van der Waals surface area contributed by atoms with Gasteiger partial charge in [-0.2, -0.15) is 0 Å². The summed E-state index contributed by atoms with van der Waals surface area (Å²) >= 11 is 5.96. The van der Waals surface area contributed by atoms with E-state index >= 15 is 0 Å². The van der Waals surface area contributed by atoms with Crippen LogP contribution in [0.4, 0.5) is 0 Å². The first-order valence-corrected chi connectivity index (χ1v) is 8.43. The molecule has 0 aliphatic carbocycles. The van der Waals surface area contributed by atoms with Crippen molar-refractivity contribution in [3.8, 4) is 5.75 Å². The second-order valence-electron chi connectivity index (χ2n) is 4.86. The van der Waals surface area contributed by atoms with Crippen molar-refractivity contribution in [2.24, 2.45) is 5.92 Å². The van der Waals surface area contributed by atoms with E-state index in [2.05, 4.69) is 10.0 Å². The predicted octanol–water partition coefficient (Wildman–Crippen LogP) is 1.63. The van der Waals surface area contributed by atoms with Crippen molar-refractivity contribution >= 4 is 21.6 Å². The number of hydrogen-bond donors (Lipinski definition) is 2. The molecule has 112 valence electrons. The van der Waals surface area contributed by atoms with Gasteiger partial charge in [0.25, 0.3) is 0 Å². The van der Waals surface area contributed by atoms with E-state index < -0.39 is 10.0 Å². The summed E-state index contributed by atoms with van der Waals surface area (Å²) < 4.78 is 32.0. The van der Waals surface area contributed by atoms with Gasteiger partial charge in [-0.1, -0.05) is 11.6 Å². The Hall–Kier alpha value is -0.820. The number of ether oxygens (including phenoxy) is 1. The van der Waals surface area contributed by atoms with Crippen molar-refractivity contribution in [2.45, 2.75) is 17.7 Å². The highest BCUT2D eigenvalue weighted by molar-refractivity contribution is 7.89. The van der Waals surface area contributed by atoms with E-state index in [1.807, 2.05) is 0 Å². The summed E-state index contributed by atoms with van der Waals surface area (Å²) in [5.41, 5.74) is 0. The zero-order valence-corrected chi connectivity index (χ0v) is 12.9. The molecule has 1 aromatic carbocycles. The molecule has 0 aromatic heterocycles. The number of benzene rings is 1. The second kappa shape index (κ2) is 6.76. The largest absolute Gasteiger partial charge is 0.495 e. The molecule has 1 heterocycles. The van der Waals surface area contributed by atoms with Crippen LogP contribution >= 0.6 is 11.6 Å². The third-order valence-electron chi connectivity index (χ3n) is 3.39. The van der Waals surface area contributed by atoms with Gasteiger partial charge in [-0.3, -0.25) is 0 Å². The zero-order valence-electron chi connectivity index (χ0n) is 11.4. The van der Waals surface area contributed by atoms with Crippen LogP contribution < -0.4 is 14.8 Å². The average Bonchev–Trinajstić information content (AvgIpc) is 2.46. The van der Waals surface area contributed by atoms with E-state index in [0.29, 0.717) is 18.2 Å². The van der Waals surface area contributed by atoms with E-state index in [-0.39, 0.29) is 9.92 Å². The molecule has 2 rings (SSSR count). The van der Waals surface area contributed by atoms with Crippen LogP contribution in [0.15, 0.2) is 23.1 Å². The van der Waals surface area contributed by atoms with E-state index in [4.69, 9.17) is 16.3 Å². The number of rotatable bonds is 5. The van der Waals surface area contributed by atoms with Crippen LogP contribution in [0, 0.1) is 5.92 Å². The molecule has 0 unspecified atom stereocenters. The molecule has 2 N–H and O–H groups in total. The van der Waals surface area contributed by atoms with Crippen LogP contribution in [0.5, 0.6) is 5.75 Å². The molecule has 0 spiro atoms. The molecule has 1 atom stereocenters. The molecule has 7 heteroatoms. The van der Waals surface area contributed by atoms with Crippen molar-refractivity contribution in [3.05, 3.63) is 23.2 Å². The van der Waals surface area contributed by atoms with Crippen molar-refractivity contribution in [3.63, 3.8) is 0 Å². The fourth-order valence-corrected chi connectivity index (χ4v) is 3.69. The summed E-state index contributed by atoms with van der Waals surface area (Å²) in [5.74, 6) is 0.800. The van der Waals surface area contributed by atoms with Crippen LogP contribution in [-0.4, -0.2) is 35.2 Å². The maximum atomic E-state index is 12.2. The van der Waals surface area contributed by atoms with Gasteiger partial charge in [0.1, 0.15) is 5.75 Å². The van der Waals surface area contributed by atoms with Crippen LogP contribution in [0.25, 0.3) is 0 Å². The van der Waals surface area contributed by atoms with Crippen LogP contribution in [0.2, 0.25) is 5.02 Å². The van der Waals surface area contributed by atoms with E-state index in [0.717, 1.165) is 25.9 Å². The zero-order chi connectivity index (χ0) is 14.6. The second-order valence-corrected chi connectivity index (χ2v) is 7.03. The van der Waals surface area contributed by atoms with Crippen LogP contribution in [0.1, 0.15) is 12.8 Å². The molecule has 0 amide bonds. The SMILES string of the molecule is COc1ccc(S(=O)(=O)NC[C@H]2CCCNC2)cc1Cl. The summed E-state index contributed by atoms with van der Waals surface area (Å²) in [5, 5.41) is 3.55. The lowest BCUT2D eigenvalue weighted by Crippen LogP contribution is -2.38. The molecular weight excluding hydrogens is 300 g/mol. The third kappa shape index (κ3) is 3.85. The minimum Gasteiger partial charge on any atom is -0.495 e. The molecule has 0 saturated carbocycles. The van der Waals surface area contributed by atoms with Gasteiger partial charge in [-0.05, 0) is 50.0 Å². The maximum absolute atomic E-state index is 12.2. The summed E-state index contributed by atoms with van der Waals surface area (Å²) in [7, 11) is -2.04. The first kappa shape index (κ1) is 15.6. The highest BCUT2D eigenvalue weighted by Gasteiger charge is 2.19. The molecule has 1 aliphatic heterocycles. The van der Waals surface area contributed by atoms with Gasteiger partial charge >= 0.3 is 0 Å². The average molecular weight is 319 g/mol. The highest BCUT2D eigenvalue weighted by atomic mass is 35.5. The Labute approximate surface area is 124 Å². The number of hydrogen-bond acceptors (Lipinski definition) is 4. The van der Waals surface area contributed by atoms with Crippen molar-refractivity contribution in [2.75, 3.05) is 26.7 Å². The summed E-state index contributed by atoms with van der Waals surface area (Å²) in [6.45, 7) is 2.31. The molecular formula is C13H19ClN2O3S. The number of piperidine rings is 1. The molecule has 20 heavy (non-hydrogen) atoms. The Morgan fingerprint density at radius 1 is 1.50 bits per heavy atom. The molecule has 1 fully saturated rings. The summed E-state index contributed by atoms with van der Waals surface area (Å²) in [4.78, 5) is 0.159. The molecule has 1 aromatic rings. The fourth-order valence-electron chi connectivity index (χ4n) is 2.22.